The van der Waals surface area contributed by atoms with Gasteiger partial charge >= 0.3 is 0 Å². The molecule has 0 atom stereocenters. The molecule has 0 saturated carbocycles. The van der Waals surface area contributed by atoms with E-state index < -0.39 is 5.91 Å². The molecule has 1 aromatic carbocycles. The molecule has 2 N–H and O–H groups in total. The Hall–Kier alpha value is -2.80. The molecule has 0 aliphatic heterocycles. The van der Waals surface area contributed by atoms with Crippen molar-refractivity contribution in [3.8, 4) is 6.07 Å². The molecule has 2 rings (SSSR count). The van der Waals surface area contributed by atoms with Crippen LogP contribution >= 0.6 is 0 Å². The van der Waals surface area contributed by atoms with Crippen molar-refractivity contribution in [3.63, 3.8) is 0 Å². The highest BCUT2D eigenvalue weighted by Crippen LogP contribution is 2.17. The summed E-state index contributed by atoms with van der Waals surface area (Å²) in [5.41, 5.74) is 3.59. The average molecular weight is 265 g/mol. The quantitative estimate of drug-likeness (QED) is 0.661. The number of H-pyrrole nitrogens is 1. The molecule has 0 fully saturated rings. The van der Waals surface area contributed by atoms with Crippen molar-refractivity contribution in [1.29, 1.82) is 5.26 Å². The van der Waals surface area contributed by atoms with Gasteiger partial charge in [0.05, 0.1) is 0 Å². The molecule has 0 aliphatic carbocycles. The van der Waals surface area contributed by atoms with Gasteiger partial charge in [-0.15, -0.1) is 0 Å². The van der Waals surface area contributed by atoms with E-state index in [9.17, 15) is 4.79 Å². The van der Waals surface area contributed by atoms with Gasteiger partial charge in [-0.3, -0.25) is 4.79 Å². The number of nitriles is 1. The Kier molecular flexibility index (Phi) is 4.02. The van der Waals surface area contributed by atoms with Crippen molar-refractivity contribution < 1.29 is 4.79 Å². The van der Waals surface area contributed by atoms with Crippen molar-refractivity contribution >= 4 is 17.7 Å². The lowest BCUT2D eigenvalue weighted by atomic mass is 10.1. The van der Waals surface area contributed by atoms with Crippen molar-refractivity contribution in [1.82, 2.24) is 4.98 Å². The maximum atomic E-state index is 12.1. The fraction of sp³-hybridized carbons (Fsp3) is 0.125. The van der Waals surface area contributed by atoms with E-state index in [2.05, 4.69) is 10.3 Å². The molecular weight excluding hydrogens is 250 g/mol. The van der Waals surface area contributed by atoms with E-state index in [0.717, 1.165) is 16.8 Å². The van der Waals surface area contributed by atoms with Crippen LogP contribution in [0.4, 0.5) is 5.69 Å². The van der Waals surface area contributed by atoms with Crippen LogP contribution in [0.25, 0.3) is 6.08 Å². The second-order valence-corrected chi connectivity index (χ2v) is 4.57. The summed E-state index contributed by atoms with van der Waals surface area (Å²) in [6.07, 6.45) is 3.27. The number of amides is 1. The Labute approximate surface area is 117 Å². The molecule has 1 aromatic heterocycles. The van der Waals surface area contributed by atoms with Crippen LogP contribution in [-0.4, -0.2) is 10.9 Å². The summed E-state index contributed by atoms with van der Waals surface area (Å²) in [6, 6.07) is 11.3. The van der Waals surface area contributed by atoms with Crippen LogP contribution in [-0.2, 0) is 4.79 Å². The molecule has 100 valence electrons. The Morgan fingerprint density at radius 1 is 1.35 bits per heavy atom. The van der Waals surface area contributed by atoms with Crippen LogP contribution in [0.2, 0.25) is 0 Å². The third-order valence-corrected chi connectivity index (χ3v) is 2.92. The topological polar surface area (TPSA) is 68.7 Å². The largest absolute Gasteiger partial charge is 0.362 e. The number of aromatic amines is 1. The molecule has 0 bridgehead atoms. The number of benzene rings is 1. The van der Waals surface area contributed by atoms with Gasteiger partial charge in [0, 0.05) is 17.6 Å². The molecule has 0 aliphatic rings. The van der Waals surface area contributed by atoms with Crippen LogP contribution in [0.1, 0.15) is 16.8 Å². The molecule has 20 heavy (non-hydrogen) atoms. The number of hydrogen-bond donors (Lipinski definition) is 2. The predicted octanol–water partition coefficient (Wildman–Crippen LogP) is 3.18. The van der Waals surface area contributed by atoms with E-state index in [1.165, 1.54) is 6.08 Å². The number of nitrogens with one attached hydrogen (secondary N) is 2. The van der Waals surface area contributed by atoms with E-state index in [1.807, 2.05) is 44.2 Å². The number of aromatic nitrogens is 1. The van der Waals surface area contributed by atoms with Gasteiger partial charge in [0.25, 0.3) is 5.91 Å². The zero-order valence-electron chi connectivity index (χ0n) is 11.4. The van der Waals surface area contributed by atoms with Gasteiger partial charge in [-0.25, -0.2) is 0 Å². The highest BCUT2D eigenvalue weighted by molar-refractivity contribution is 6.09. The molecule has 1 heterocycles. The van der Waals surface area contributed by atoms with Crippen molar-refractivity contribution in [2.75, 3.05) is 5.32 Å². The second-order valence-electron chi connectivity index (χ2n) is 4.57. The summed E-state index contributed by atoms with van der Waals surface area (Å²) in [6.45, 7) is 3.91. The summed E-state index contributed by atoms with van der Waals surface area (Å²) in [5.74, 6) is -0.408. The first-order valence-electron chi connectivity index (χ1n) is 6.24. The minimum absolute atomic E-state index is 0.0624. The van der Waals surface area contributed by atoms with Gasteiger partial charge in [0.2, 0.25) is 0 Å². The van der Waals surface area contributed by atoms with Gasteiger partial charge < -0.3 is 10.3 Å². The normalized spacial score (nSPS) is 10.9. The highest BCUT2D eigenvalue weighted by atomic mass is 16.1. The minimum Gasteiger partial charge on any atom is -0.362 e. The van der Waals surface area contributed by atoms with Gasteiger partial charge in [0.1, 0.15) is 11.6 Å². The molecule has 0 saturated heterocycles. The lowest BCUT2D eigenvalue weighted by molar-refractivity contribution is -0.112. The second kappa shape index (κ2) is 5.89. The van der Waals surface area contributed by atoms with Gasteiger partial charge in [-0.1, -0.05) is 17.7 Å². The minimum atomic E-state index is -0.408. The zero-order chi connectivity index (χ0) is 14.5. The summed E-state index contributed by atoms with van der Waals surface area (Å²) < 4.78 is 0. The molecule has 0 unspecified atom stereocenters. The lowest BCUT2D eigenvalue weighted by Gasteiger charge is -2.08. The number of carbonyl (C=O) groups excluding carboxylic acids is 1. The molecule has 4 nitrogen and oxygen atoms in total. The molecule has 2 aromatic rings. The third kappa shape index (κ3) is 3.15. The van der Waals surface area contributed by atoms with Crippen LogP contribution < -0.4 is 5.32 Å². The number of hydrogen-bond acceptors (Lipinski definition) is 2. The van der Waals surface area contributed by atoms with E-state index in [1.54, 1.807) is 12.3 Å². The zero-order valence-corrected chi connectivity index (χ0v) is 11.4. The summed E-state index contributed by atoms with van der Waals surface area (Å²) in [4.78, 5) is 15.0. The van der Waals surface area contributed by atoms with E-state index in [4.69, 9.17) is 5.26 Å². The van der Waals surface area contributed by atoms with Crippen molar-refractivity contribution in [2.24, 2.45) is 0 Å². The lowest BCUT2D eigenvalue weighted by Crippen LogP contribution is -2.14. The van der Waals surface area contributed by atoms with E-state index >= 15 is 0 Å². The van der Waals surface area contributed by atoms with Crippen LogP contribution in [0, 0.1) is 25.2 Å². The fourth-order valence-electron chi connectivity index (χ4n) is 1.88. The number of carbonyl (C=O) groups is 1. The van der Waals surface area contributed by atoms with Crippen LogP contribution in [0.15, 0.2) is 42.1 Å². The smallest absolute Gasteiger partial charge is 0.266 e. The summed E-state index contributed by atoms with van der Waals surface area (Å²) >= 11 is 0. The first kappa shape index (κ1) is 13.6. The Morgan fingerprint density at radius 2 is 2.15 bits per heavy atom. The number of nitrogens with zero attached hydrogens (tertiary/aromatic N) is 1. The third-order valence-electron chi connectivity index (χ3n) is 2.92. The maximum Gasteiger partial charge on any atom is 0.266 e. The first-order valence-corrected chi connectivity index (χ1v) is 6.24. The maximum absolute atomic E-state index is 12.1. The van der Waals surface area contributed by atoms with Crippen LogP contribution in [0.5, 0.6) is 0 Å². The molecule has 0 spiro atoms. The number of anilines is 1. The van der Waals surface area contributed by atoms with Crippen LogP contribution in [0.3, 0.4) is 0 Å². The predicted molar refractivity (Wildman–Crippen MR) is 78.9 cm³/mol. The monoisotopic (exact) mass is 265 g/mol. The Bertz CT molecular complexity index is 691. The van der Waals surface area contributed by atoms with Gasteiger partial charge in [-0.2, -0.15) is 5.26 Å². The molecule has 4 heteroatoms. The number of aryl methyl sites for hydroxylation is 2. The van der Waals surface area contributed by atoms with Crippen molar-refractivity contribution in [3.05, 3.63) is 58.9 Å². The average Bonchev–Trinajstić information content (AvgIpc) is 2.92. The summed E-state index contributed by atoms with van der Waals surface area (Å²) in [5, 5.41) is 11.9. The Morgan fingerprint density at radius 3 is 2.75 bits per heavy atom. The number of rotatable bonds is 3. The van der Waals surface area contributed by atoms with E-state index in [0.29, 0.717) is 5.69 Å². The van der Waals surface area contributed by atoms with E-state index in [-0.39, 0.29) is 5.57 Å². The SMILES string of the molecule is Cc1ccc(NC(=O)/C(C#N)=C\c2ccc[nH]2)c(C)c1. The highest BCUT2D eigenvalue weighted by Gasteiger charge is 2.10. The Balaban J connectivity index is 2.20. The fourth-order valence-corrected chi connectivity index (χ4v) is 1.88. The molecular formula is C16H15N3O. The standard InChI is InChI=1S/C16H15N3O/c1-11-5-6-15(12(2)8-11)19-16(20)13(10-17)9-14-4-3-7-18-14/h3-9,18H,1-2H3,(H,19,20)/b13-9-. The first-order chi connectivity index (χ1) is 9.60. The summed E-state index contributed by atoms with van der Waals surface area (Å²) in [7, 11) is 0. The van der Waals surface area contributed by atoms with Gasteiger partial charge in [-0.05, 0) is 43.7 Å². The van der Waals surface area contributed by atoms with Gasteiger partial charge in [0.15, 0.2) is 0 Å². The molecule has 1 amide bonds. The van der Waals surface area contributed by atoms with Crippen molar-refractivity contribution in [2.45, 2.75) is 13.8 Å². The molecule has 0 radical (unpaired) electrons.